The van der Waals surface area contributed by atoms with Crippen LogP contribution in [0.4, 0.5) is 10.2 Å². The van der Waals surface area contributed by atoms with Crippen LogP contribution in [0.15, 0.2) is 47.6 Å². The van der Waals surface area contributed by atoms with Crippen molar-refractivity contribution in [3.63, 3.8) is 0 Å². The van der Waals surface area contributed by atoms with Gasteiger partial charge in [-0.2, -0.15) is 0 Å². The second-order valence-corrected chi connectivity index (χ2v) is 6.87. The number of aliphatic imine (C=N–C) groups is 1. The van der Waals surface area contributed by atoms with Gasteiger partial charge in [-0.3, -0.25) is 0 Å². The van der Waals surface area contributed by atoms with Crippen LogP contribution in [-0.4, -0.2) is 42.5 Å². The SMILES string of the molecule is CCNC(=NCc1ccc(N2CCCC2)nc1)N(C)Cc1ccc(F)cc1.I. The van der Waals surface area contributed by atoms with E-state index in [1.807, 2.05) is 25.1 Å². The van der Waals surface area contributed by atoms with E-state index in [1.165, 1.54) is 25.0 Å². The standard InChI is InChI=1S/C21H28FN5.HI/c1-3-23-21(26(2)16-17-6-9-19(22)10-7-17)25-15-18-8-11-20(24-14-18)27-12-4-5-13-27;/h6-11,14H,3-5,12-13,15-16H2,1-2H3,(H,23,25);1H. The molecule has 2 heterocycles. The van der Waals surface area contributed by atoms with Crippen LogP contribution in [0, 0.1) is 5.82 Å². The summed E-state index contributed by atoms with van der Waals surface area (Å²) < 4.78 is 13.1. The van der Waals surface area contributed by atoms with E-state index in [1.54, 1.807) is 12.1 Å². The maximum absolute atomic E-state index is 13.1. The van der Waals surface area contributed by atoms with Crippen LogP contribution in [0.3, 0.4) is 0 Å². The van der Waals surface area contributed by atoms with E-state index in [0.717, 1.165) is 42.5 Å². The number of aromatic nitrogens is 1. The Labute approximate surface area is 184 Å². The van der Waals surface area contributed by atoms with Gasteiger partial charge in [0.25, 0.3) is 0 Å². The first-order valence-electron chi connectivity index (χ1n) is 9.59. The number of nitrogens with one attached hydrogen (secondary N) is 1. The van der Waals surface area contributed by atoms with Gasteiger partial charge in [0.1, 0.15) is 11.6 Å². The summed E-state index contributed by atoms with van der Waals surface area (Å²) in [6, 6.07) is 10.8. The zero-order chi connectivity index (χ0) is 19.1. The Bertz CT molecular complexity index is 742. The molecule has 3 rings (SSSR count). The molecule has 152 valence electrons. The molecule has 1 fully saturated rings. The second kappa shape index (κ2) is 11.2. The van der Waals surface area contributed by atoms with E-state index in [0.29, 0.717) is 13.1 Å². The van der Waals surface area contributed by atoms with Crippen molar-refractivity contribution in [3.8, 4) is 0 Å². The summed E-state index contributed by atoms with van der Waals surface area (Å²) in [4.78, 5) is 13.7. The van der Waals surface area contributed by atoms with Crippen LogP contribution in [0.25, 0.3) is 0 Å². The summed E-state index contributed by atoms with van der Waals surface area (Å²) in [6.07, 6.45) is 4.42. The Balaban J connectivity index is 0.00000280. The molecule has 7 heteroatoms. The Morgan fingerprint density at radius 2 is 1.82 bits per heavy atom. The molecule has 1 aliphatic heterocycles. The number of pyridine rings is 1. The number of benzene rings is 1. The van der Waals surface area contributed by atoms with Crippen LogP contribution in [0.2, 0.25) is 0 Å². The van der Waals surface area contributed by atoms with Crippen molar-refractivity contribution in [3.05, 3.63) is 59.5 Å². The van der Waals surface area contributed by atoms with Crippen molar-refractivity contribution in [1.82, 2.24) is 15.2 Å². The zero-order valence-electron chi connectivity index (χ0n) is 16.6. The smallest absolute Gasteiger partial charge is 0.194 e. The molecule has 1 aliphatic rings. The Kier molecular flexibility index (Phi) is 8.95. The van der Waals surface area contributed by atoms with E-state index >= 15 is 0 Å². The lowest BCUT2D eigenvalue weighted by atomic mass is 10.2. The molecule has 1 saturated heterocycles. The molecular weight excluding hydrogens is 468 g/mol. The average molecular weight is 497 g/mol. The van der Waals surface area contributed by atoms with E-state index in [2.05, 4.69) is 27.3 Å². The largest absolute Gasteiger partial charge is 0.357 e. The predicted octanol–water partition coefficient (Wildman–Crippen LogP) is 4.04. The van der Waals surface area contributed by atoms with Crippen LogP contribution in [0.5, 0.6) is 0 Å². The third-order valence-electron chi connectivity index (χ3n) is 4.68. The minimum absolute atomic E-state index is 0. The number of hydrogen-bond donors (Lipinski definition) is 1. The monoisotopic (exact) mass is 497 g/mol. The molecule has 5 nitrogen and oxygen atoms in total. The van der Waals surface area contributed by atoms with E-state index in [-0.39, 0.29) is 29.8 Å². The van der Waals surface area contributed by atoms with Gasteiger partial charge >= 0.3 is 0 Å². The van der Waals surface area contributed by atoms with Gasteiger partial charge in [0.15, 0.2) is 5.96 Å². The van der Waals surface area contributed by atoms with Gasteiger partial charge in [-0.25, -0.2) is 14.4 Å². The van der Waals surface area contributed by atoms with Gasteiger partial charge < -0.3 is 15.1 Å². The third kappa shape index (κ3) is 6.32. The first-order valence-corrected chi connectivity index (χ1v) is 9.59. The van der Waals surface area contributed by atoms with Gasteiger partial charge in [-0.05, 0) is 49.1 Å². The van der Waals surface area contributed by atoms with Gasteiger partial charge in [-0.1, -0.05) is 18.2 Å². The molecule has 0 radical (unpaired) electrons. The maximum Gasteiger partial charge on any atom is 0.194 e. The molecule has 2 aromatic rings. The van der Waals surface area contributed by atoms with Crippen LogP contribution < -0.4 is 10.2 Å². The molecule has 1 aromatic heterocycles. The minimum atomic E-state index is -0.216. The molecule has 0 spiro atoms. The molecule has 0 aliphatic carbocycles. The fraction of sp³-hybridized carbons (Fsp3) is 0.429. The summed E-state index contributed by atoms with van der Waals surface area (Å²) >= 11 is 0. The Morgan fingerprint density at radius 3 is 2.43 bits per heavy atom. The van der Waals surface area contributed by atoms with Gasteiger partial charge in [0.2, 0.25) is 0 Å². The minimum Gasteiger partial charge on any atom is -0.357 e. The Morgan fingerprint density at radius 1 is 1.14 bits per heavy atom. The van der Waals surface area contributed by atoms with Crippen molar-refractivity contribution in [2.24, 2.45) is 4.99 Å². The fourth-order valence-corrected chi connectivity index (χ4v) is 3.22. The highest BCUT2D eigenvalue weighted by Crippen LogP contribution is 2.17. The molecule has 0 saturated carbocycles. The topological polar surface area (TPSA) is 43.8 Å². The lowest BCUT2D eigenvalue weighted by molar-refractivity contribution is 0.476. The number of nitrogens with zero attached hydrogens (tertiary/aromatic N) is 4. The van der Waals surface area contributed by atoms with Gasteiger partial charge in [-0.15, -0.1) is 24.0 Å². The number of hydrogen-bond acceptors (Lipinski definition) is 3. The number of halogens is 2. The molecule has 0 amide bonds. The quantitative estimate of drug-likeness (QED) is 0.372. The highest BCUT2D eigenvalue weighted by molar-refractivity contribution is 14.0. The lowest BCUT2D eigenvalue weighted by Crippen LogP contribution is -2.38. The number of rotatable bonds is 6. The van der Waals surface area contributed by atoms with Crippen molar-refractivity contribution < 1.29 is 4.39 Å². The summed E-state index contributed by atoms with van der Waals surface area (Å²) in [5, 5.41) is 3.31. The van der Waals surface area contributed by atoms with Gasteiger partial charge in [0.05, 0.1) is 6.54 Å². The highest BCUT2D eigenvalue weighted by Gasteiger charge is 2.13. The number of guanidine groups is 1. The third-order valence-corrected chi connectivity index (χ3v) is 4.68. The summed E-state index contributed by atoms with van der Waals surface area (Å²) in [6.45, 7) is 6.28. The van der Waals surface area contributed by atoms with E-state index in [9.17, 15) is 4.39 Å². The first-order chi connectivity index (χ1) is 13.2. The molecule has 0 atom stereocenters. The van der Waals surface area contributed by atoms with E-state index in [4.69, 9.17) is 4.99 Å². The highest BCUT2D eigenvalue weighted by atomic mass is 127. The molecule has 1 aromatic carbocycles. The van der Waals surface area contributed by atoms with Crippen molar-refractivity contribution in [2.45, 2.75) is 32.9 Å². The van der Waals surface area contributed by atoms with Crippen LogP contribution in [-0.2, 0) is 13.1 Å². The molecule has 28 heavy (non-hydrogen) atoms. The first kappa shape index (κ1) is 22.4. The molecule has 0 bridgehead atoms. The number of anilines is 1. The summed E-state index contributed by atoms with van der Waals surface area (Å²) in [5.74, 6) is 1.66. The van der Waals surface area contributed by atoms with Gasteiger partial charge in [0, 0.05) is 39.4 Å². The lowest BCUT2D eigenvalue weighted by Gasteiger charge is -2.22. The average Bonchev–Trinajstić information content (AvgIpc) is 3.22. The van der Waals surface area contributed by atoms with E-state index < -0.39 is 0 Å². The second-order valence-electron chi connectivity index (χ2n) is 6.87. The molecular formula is C21H29FIN5. The zero-order valence-corrected chi connectivity index (χ0v) is 18.9. The fourth-order valence-electron chi connectivity index (χ4n) is 3.22. The summed E-state index contributed by atoms with van der Waals surface area (Å²) in [7, 11) is 1.99. The molecule has 1 N–H and O–H groups in total. The van der Waals surface area contributed by atoms with Crippen LogP contribution >= 0.6 is 24.0 Å². The van der Waals surface area contributed by atoms with Crippen molar-refractivity contribution in [2.75, 3.05) is 31.6 Å². The van der Waals surface area contributed by atoms with Crippen molar-refractivity contribution >= 4 is 35.8 Å². The predicted molar refractivity (Wildman–Crippen MR) is 124 cm³/mol. The maximum atomic E-state index is 13.1. The summed E-state index contributed by atoms with van der Waals surface area (Å²) in [5.41, 5.74) is 2.13. The Hall–Kier alpha value is -1.90. The van der Waals surface area contributed by atoms with Crippen molar-refractivity contribution in [1.29, 1.82) is 0 Å². The van der Waals surface area contributed by atoms with Crippen LogP contribution in [0.1, 0.15) is 30.9 Å². The normalized spacial score (nSPS) is 14.0. The molecule has 0 unspecified atom stereocenters.